The molecule has 0 aliphatic heterocycles. The number of ketones is 1. The number of hydrogen-bond donors (Lipinski definition) is 1. The Bertz CT molecular complexity index is 84.1. The van der Waals surface area contributed by atoms with Gasteiger partial charge in [0.1, 0.15) is 6.10 Å². The summed E-state index contributed by atoms with van der Waals surface area (Å²) in [5, 5.41) is 8.56. The van der Waals surface area contributed by atoms with Gasteiger partial charge in [0.05, 0.1) is 11.8 Å². The number of hydrogen-bond acceptors (Lipinski definition) is 2. The molecule has 0 aliphatic carbocycles. The molecule has 0 saturated heterocycles. The Hall–Kier alpha value is 0.210. The van der Waals surface area contributed by atoms with Gasteiger partial charge in [0.15, 0.2) is 5.78 Å². The van der Waals surface area contributed by atoms with Crippen molar-refractivity contribution in [1.82, 2.24) is 0 Å². The van der Waals surface area contributed by atoms with Crippen LogP contribution in [0.4, 0.5) is 0 Å². The summed E-state index contributed by atoms with van der Waals surface area (Å²) in [6, 6.07) is 0. The fraction of sp³-hybridized carbons (Fsp3) is 0.750. The maximum Gasteiger partial charge on any atom is 0.177 e. The molecule has 8 heavy (non-hydrogen) atoms. The van der Waals surface area contributed by atoms with Gasteiger partial charge in [0.2, 0.25) is 0 Å². The van der Waals surface area contributed by atoms with E-state index in [0.717, 1.165) is 0 Å². The second-order valence-corrected chi connectivity index (χ2v) is 1.85. The van der Waals surface area contributed by atoms with Gasteiger partial charge in [-0.05, 0) is 0 Å². The maximum absolute atomic E-state index is 10.3. The van der Waals surface area contributed by atoms with Gasteiger partial charge >= 0.3 is 0 Å². The molecular formula is C4H6Cl2O2. The van der Waals surface area contributed by atoms with E-state index in [1.807, 2.05) is 0 Å². The third-order valence-electron chi connectivity index (χ3n) is 0.650. The molecule has 0 spiro atoms. The summed E-state index contributed by atoms with van der Waals surface area (Å²) in [7, 11) is 0. The second-order valence-electron chi connectivity index (χ2n) is 1.27. The fourth-order valence-corrected chi connectivity index (χ4v) is 0.525. The fourth-order valence-electron chi connectivity index (χ4n) is 0.175. The van der Waals surface area contributed by atoms with Crippen LogP contribution in [0.3, 0.4) is 0 Å². The molecular weight excluding hydrogens is 151 g/mol. The van der Waals surface area contributed by atoms with E-state index in [4.69, 9.17) is 28.3 Å². The summed E-state index contributed by atoms with van der Waals surface area (Å²) in [6.45, 7) is 0. The first kappa shape index (κ1) is 8.21. The molecule has 0 radical (unpaired) electrons. The summed E-state index contributed by atoms with van der Waals surface area (Å²) < 4.78 is 0. The van der Waals surface area contributed by atoms with Crippen molar-refractivity contribution in [1.29, 1.82) is 0 Å². The van der Waals surface area contributed by atoms with Crippen molar-refractivity contribution in [2.75, 3.05) is 11.8 Å². The molecule has 4 heteroatoms. The van der Waals surface area contributed by atoms with E-state index < -0.39 is 11.9 Å². The summed E-state index contributed by atoms with van der Waals surface area (Å²) in [5.74, 6) is -0.680. The van der Waals surface area contributed by atoms with E-state index in [1.54, 1.807) is 0 Å². The zero-order valence-corrected chi connectivity index (χ0v) is 5.61. The van der Waals surface area contributed by atoms with E-state index in [2.05, 4.69) is 0 Å². The van der Waals surface area contributed by atoms with Crippen LogP contribution in [-0.2, 0) is 4.79 Å². The number of carbonyl (C=O) groups excluding carboxylic acids is 1. The molecule has 0 heterocycles. The molecule has 1 N–H and O–H groups in total. The highest BCUT2D eigenvalue weighted by Gasteiger charge is 2.10. The summed E-state index contributed by atoms with van der Waals surface area (Å²) in [5.41, 5.74) is 0. The predicted octanol–water partition coefficient (Wildman–Crippen LogP) is 0.394. The van der Waals surface area contributed by atoms with Crippen molar-refractivity contribution < 1.29 is 9.90 Å². The Balaban J connectivity index is 3.46. The number of Topliss-reactive ketones (excluding diaryl/α,β-unsaturated/α-hetero) is 1. The van der Waals surface area contributed by atoms with Gasteiger partial charge in [-0.2, -0.15) is 0 Å². The highest BCUT2D eigenvalue weighted by Crippen LogP contribution is 1.90. The molecule has 0 aromatic heterocycles. The number of aliphatic hydroxyl groups is 1. The average Bonchev–Trinajstić information content (AvgIpc) is 1.84. The quantitative estimate of drug-likeness (QED) is 0.601. The standard InChI is InChI=1S/C4H6Cl2O2/c5-1-3(7)4(8)2-6/h3,7H,1-2H2. The second kappa shape index (κ2) is 4.13. The lowest BCUT2D eigenvalue weighted by molar-refractivity contribution is -0.123. The molecule has 0 amide bonds. The average molecular weight is 157 g/mol. The van der Waals surface area contributed by atoms with Crippen molar-refractivity contribution in [2.45, 2.75) is 6.10 Å². The van der Waals surface area contributed by atoms with Gasteiger partial charge < -0.3 is 5.11 Å². The molecule has 48 valence electrons. The number of halogens is 2. The Morgan fingerprint density at radius 1 is 1.62 bits per heavy atom. The number of carbonyl (C=O) groups is 1. The molecule has 0 fully saturated rings. The highest BCUT2D eigenvalue weighted by atomic mass is 35.5. The van der Waals surface area contributed by atoms with E-state index >= 15 is 0 Å². The minimum atomic E-state index is -1.09. The Kier molecular flexibility index (Phi) is 4.23. The molecule has 2 nitrogen and oxygen atoms in total. The van der Waals surface area contributed by atoms with Crippen LogP contribution in [0.5, 0.6) is 0 Å². The van der Waals surface area contributed by atoms with Crippen molar-refractivity contribution in [2.24, 2.45) is 0 Å². The zero-order chi connectivity index (χ0) is 6.57. The Morgan fingerprint density at radius 2 is 2.12 bits per heavy atom. The van der Waals surface area contributed by atoms with Gasteiger partial charge in [0, 0.05) is 0 Å². The topological polar surface area (TPSA) is 37.3 Å². The van der Waals surface area contributed by atoms with Gasteiger partial charge in [-0.1, -0.05) is 0 Å². The SMILES string of the molecule is O=C(CCl)C(O)CCl. The smallest absolute Gasteiger partial charge is 0.177 e. The first-order valence-corrected chi connectivity index (χ1v) is 3.12. The summed E-state index contributed by atoms with van der Waals surface area (Å²) >= 11 is 10.2. The zero-order valence-electron chi connectivity index (χ0n) is 4.10. The molecule has 0 rings (SSSR count). The van der Waals surface area contributed by atoms with Crippen LogP contribution in [0.15, 0.2) is 0 Å². The third-order valence-corrected chi connectivity index (χ3v) is 1.21. The molecule has 0 aromatic rings. The first-order chi connectivity index (χ1) is 3.72. The van der Waals surface area contributed by atoms with Crippen molar-refractivity contribution in [3.05, 3.63) is 0 Å². The van der Waals surface area contributed by atoms with Crippen LogP contribution in [0.2, 0.25) is 0 Å². The predicted molar refractivity (Wildman–Crippen MR) is 32.5 cm³/mol. The first-order valence-electron chi connectivity index (χ1n) is 2.05. The minimum Gasteiger partial charge on any atom is -0.384 e. The van der Waals surface area contributed by atoms with Gasteiger partial charge in [-0.3, -0.25) is 4.79 Å². The van der Waals surface area contributed by atoms with Gasteiger partial charge in [-0.25, -0.2) is 0 Å². The minimum absolute atomic E-state index is 0.0778. The van der Waals surface area contributed by atoms with Crippen molar-refractivity contribution in [3.63, 3.8) is 0 Å². The van der Waals surface area contributed by atoms with Crippen LogP contribution in [0.25, 0.3) is 0 Å². The van der Waals surface area contributed by atoms with Crippen LogP contribution < -0.4 is 0 Å². The van der Waals surface area contributed by atoms with E-state index in [0.29, 0.717) is 0 Å². The lowest BCUT2D eigenvalue weighted by Crippen LogP contribution is -2.22. The normalized spacial score (nSPS) is 13.4. The van der Waals surface area contributed by atoms with Crippen LogP contribution >= 0.6 is 23.2 Å². The lowest BCUT2D eigenvalue weighted by Gasteiger charge is -1.98. The maximum atomic E-state index is 10.3. The molecule has 1 unspecified atom stereocenters. The van der Waals surface area contributed by atoms with E-state index in [9.17, 15) is 4.79 Å². The van der Waals surface area contributed by atoms with Gasteiger partial charge in [0.25, 0.3) is 0 Å². The van der Waals surface area contributed by atoms with Gasteiger partial charge in [-0.15, -0.1) is 23.2 Å². The van der Waals surface area contributed by atoms with E-state index in [1.165, 1.54) is 0 Å². The van der Waals surface area contributed by atoms with Crippen molar-refractivity contribution in [3.8, 4) is 0 Å². The van der Waals surface area contributed by atoms with Crippen LogP contribution in [0, 0.1) is 0 Å². The van der Waals surface area contributed by atoms with E-state index in [-0.39, 0.29) is 11.8 Å². The molecule has 0 aliphatic rings. The Morgan fingerprint density at radius 3 is 2.25 bits per heavy atom. The number of alkyl halides is 2. The van der Waals surface area contributed by atoms with Crippen LogP contribution in [0.1, 0.15) is 0 Å². The largest absolute Gasteiger partial charge is 0.384 e. The number of aliphatic hydroxyl groups excluding tert-OH is 1. The molecule has 0 saturated carbocycles. The summed E-state index contributed by atoms with van der Waals surface area (Å²) in [4.78, 5) is 10.3. The lowest BCUT2D eigenvalue weighted by atomic mass is 10.3. The Labute approximate surface area is 57.4 Å². The molecule has 1 atom stereocenters. The van der Waals surface area contributed by atoms with Crippen molar-refractivity contribution >= 4 is 29.0 Å². The number of rotatable bonds is 3. The summed E-state index contributed by atoms with van der Waals surface area (Å²) in [6.07, 6.45) is -1.09. The monoisotopic (exact) mass is 156 g/mol. The third kappa shape index (κ3) is 2.50. The van der Waals surface area contributed by atoms with Crippen LogP contribution in [-0.4, -0.2) is 28.8 Å². The molecule has 0 bridgehead atoms. The highest BCUT2D eigenvalue weighted by molar-refractivity contribution is 6.29. The molecule has 0 aromatic carbocycles.